The quantitative estimate of drug-likeness (QED) is 0.462. The number of hydrogen-bond acceptors (Lipinski definition) is 6. The van der Waals surface area contributed by atoms with Crippen LogP contribution in [0.1, 0.15) is 5.89 Å². The van der Waals surface area contributed by atoms with Gasteiger partial charge in [0, 0.05) is 31.7 Å². The average molecular weight is 448 g/mol. The maximum absolute atomic E-state index is 12.8. The number of anilines is 1. The molecule has 32 heavy (non-hydrogen) atoms. The zero-order valence-corrected chi connectivity index (χ0v) is 18.2. The molecule has 7 nitrogen and oxygen atoms in total. The molecule has 1 fully saturated rings. The molecule has 0 saturated carbocycles. The predicted molar refractivity (Wildman–Crippen MR) is 124 cm³/mol. The number of piperazine rings is 1. The first kappa shape index (κ1) is 20.5. The van der Waals surface area contributed by atoms with Crippen LogP contribution >= 0.6 is 11.6 Å². The van der Waals surface area contributed by atoms with E-state index < -0.39 is 0 Å². The number of oxazole rings is 1. The van der Waals surface area contributed by atoms with Crippen molar-refractivity contribution in [3.05, 3.63) is 94.3 Å². The third-order valence-electron chi connectivity index (χ3n) is 5.58. The highest BCUT2D eigenvalue weighted by molar-refractivity contribution is 6.33. The van der Waals surface area contributed by atoms with E-state index in [1.165, 1.54) is 4.68 Å². The van der Waals surface area contributed by atoms with Gasteiger partial charge in [0.25, 0.3) is 5.56 Å². The summed E-state index contributed by atoms with van der Waals surface area (Å²) in [5.74, 6) is 1.47. The molecule has 0 atom stereocenters. The molecule has 3 heterocycles. The zero-order valence-electron chi connectivity index (χ0n) is 17.4. The Morgan fingerprint density at radius 2 is 1.59 bits per heavy atom. The number of aromatic nitrogens is 3. The van der Waals surface area contributed by atoms with E-state index in [1.807, 2.05) is 60.7 Å². The SMILES string of the molecule is O=c1c(Cl)c(N2CCN(Cc3ncc(-c4ccccc4)o3)CC2)cnn1-c1ccccc1. The number of rotatable bonds is 5. The highest BCUT2D eigenvalue weighted by atomic mass is 35.5. The van der Waals surface area contributed by atoms with Crippen molar-refractivity contribution in [3.63, 3.8) is 0 Å². The van der Waals surface area contributed by atoms with Gasteiger partial charge in [-0.3, -0.25) is 9.69 Å². The highest BCUT2D eigenvalue weighted by Gasteiger charge is 2.22. The fourth-order valence-corrected chi connectivity index (χ4v) is 4.10. The normalized spacial score (nSPS) is 14.6. The van der Waals surface area contributed by atoms with Gasteiger partial charge in [-0.15, -0.1) is 0 Å². The molecule has 1 saturated heterocycles. The second kappa shape index (κ2) is 8.98. The Bertz CT molecular complexity index is 1250. The molecule has 2 aromatic carbocycles. The van der Waals surface area contributed by atoms with Gasteiger partial charge in [0.05, 0.1) is 30.3 Å². The number of nitrogens with zero attached hydrogens (tertiary/aromatic N) is 5. The molecule has 5 rings (SSSR count). The van der Waals surface area contributed by atoms with Crippen LogP contribution in [-0.2, 0) is 6.54 Å². The first-order chi connectivity index (χ1) is 15.7. The molecule has 0 amide bonds. The lowest BCUT2D eigenvalue weighted by Crippen LogP contribution is -2.46. The second-order valence-corrected chi connectivity index (χ2v) is 8.02. The summed E-state index contributed by atoms with van der Waals surface area (Å²) in [6.07, 6.45) is 3.45. The molecular formula is C24H22ClN5O2. The first-order valence-electron chi connectivity index (χ1n) is 10.5. The molecule has 1 aliphatic rings. The van der Waals surface area contributed by atoms with Crippen LogP contribution in [0.25, 0.3) is 17.0 Å². The molecule has 162 valence electrons. The standard InChI is InChI=1S/C24H22ClN5O2/c25-23-20(15-27-30(24(23)31)19-9-5-2-6-10-19)29-13-11-28(12-14-29)17-22-26-16-21(32-22)18-7-3-1-4-8-18/h1-10,15-16H,11-14,17H2. The summed E-state index contributed by atoms with van der Waals surface area (Å²) in [4.78, 5) is 21.6. The minimum atomic E-state index is -0.314. The molecule has 0 bridgehead atoms. The Balaban J connectivity index is 1.24. The molecule has 0 spiro atoms. The fraction of sp³-hybridized carbons (Fsp3) is 0.208. The van der Waals surface area contributed by atoms with Gasteiger partial charge in [0.1, 0.15) is 5.02 Å². The van der Waals surface area contributed by atoms with E-state index in [4.69, 9.17) is 16.0 Å². The van der Waals surface area contributed by atoms with Crippen LogP contribution in [0, 0.1) is 0 Å². The van der Waals surface area contributed by atoms with Crippen molar-refractivity contribution in [1.82, 2.24) is 19.7 Å². The number of hydrogen-bond donors (Lipinski definition) is 0. The first-order valence-corrected chi connectivity index (χ1v) is 10.9. The van der Waals surface area contributed by atoms with E-state index in [0.29, 0.717) is 23.8 Å². The minimum absolute atomic E-state index is 0.192. The van der Waals surface area contributed by atoms with E-state index in [2.05, 4.69) is 19.9 Å². The van der Waals surface area contributed by atoms with Crippen LogP contribution in [0.4, 0.5) is 5.69 Å². The number of benzene rings is 2. The molecule has 0 N–H and O–H groups in total. The molecule has 8 heteroatoms. The van der Waals surface area contributed by atoms with Gasteiger partial charge in [-0.05, 0) is 12.1 Å². The summed E-state index contributed by atoms with van der Waals surface area (Å²) in [5.41, 5.74) is 2.07. The summed E-state index contributed by atoms with van der Waals surface area (Å²) >= 11 is 6.46. The van der Waals surface area contributed by atoms with Crippen molar-refractivity contribution in [2.75, 3.05) is 31.1 Å². The van der Waals surface area contributed by atoms with Crippen LogP contribution in [0.5, 0.6) is 0 Å². The van der Waals surface area contributed by atoms with E-state index in [1.54, 1.807) is 12.4 Å². The summed E-state index contributed by atoms with van der Waals surface area (Å²) in [6.45, 7) is 3.73. The van der Waals surface area contributed by atoms with Gasteiger partial charge in [0.15, 0.2) is 5.76 Å². The van der Waals surface area contributed by atoms with Crippen molar-refractivity contribution in [3.8, 4) is 17.0 Å². The third kappa shape index (κ3) is 4.17. The highest BCUT2D eigenvalue weighted by Crippen LogP contribution is 2.24. The average Bonchev–Trinajstić information content (AvgIpc) is 3.31. The van der Waals surface area contributed by atoms with Crippen LogP contribution in [0.2, 0.25) is 5.02 Å². The van der Waals surface area contributed by atoms with Crippen molar-refractivity contribution in [1.29, 1.82) is 0 Å². The summed E-state index contributed by atoms with van der Waals surface area (Å²) in [6, 6.07) is 19.2. The largest absolute Gasteiger partial charge is 0.439 e. The van der Waals surface area contributed by atoms with Crippen LogP contribution in [0.3, 0.4) is 0 Å². The Morgan fingerprint density at radius 1 is 0.906 bits per heavy atom. The van der Waals surface area contributed by atoms with Crippen LogP contribution in [0.15, 0.2) is 82.3 Å². The lowest BCUT2D eigenvalue weighted by Gasteiger charge is -2.35. The molecule has 0 aliphatic carbocycles. The second-order valence-electron chi connectivity index (χ2n) is 7.64. The molecule has 1 aliphatic heterocycles. The Hall–Kier alpha value is -3.42. The van der Waals surface area contributed by atoms with Crippen molar-refractivity contribution in [2.24, 2.45) is 0 Å². The monoisotopic (exact) mass is 447 g/mol. The molecule has 2 aromatic heterocycles. The van der Waals surface area contributed by atoms with Gasteiger partial charge in [-0.2, -0.15) is 9.78 Å². The van der Waals surface area contributed by atoms with Crippen LogP contribution < -0.4 is 10.5 Å². The minimum Gasteiger partial charge on any atom is -0.439 e. The van der Waals surface area contributed by atoms with E-state index in [9.17, 15) is 4.79 Å². The maximum atomic E-state index is 12.8. The van der Waals surface area contributed by atoms with Gasteiger partial charge in [-0.25, -0.2) is 4.98 Å². The predicted octanol–water partition coefficient (Wildman–Crippen LogP) is 3.86. The lowest BCUT2D eigenvalue weighted by atomic mass is 10.2. The Morgan fingerprint density at radius 3 is 2.31 bits per heavy atom. The topological polar surface area (TPSA) is 67.4 Å². The summed E-state index contributed by atoms with van der Waals surface area (Å²) in [7, 11) is 0. The van der Waals surface area contributed by atoms with Gasteiger partial charge < -0.3 is 9.32 Å². The summed E-state index contributed by atoms with van der Waals surface area (Å²) < 4.78 is 7.26. The van der Waals surface area contributed by atoms with E-state index in [-0.39, 0.29) is 10.6 Å². The lowest BCUT2D eigenvalue weighted by molar-refractivity contribution is 0.227. The fourth-order valence-electron chi connectivity index (χ4n) is 3.86. The van der Waals surface area contributed by atoms with Crippen molar-refractivity contribution < 1.29 is 4.42 Å². The number of halogens is 1. The van der Waals surface area contributed by atoms with Gasteiger partial charge in [0.2, 0.25) is 5.89 Å². The van der Waals surface area contributed by atoms with E-state index in [0.717, 1.165) is 37.5 Å². The zero-order chi connectivity index (χ0) is 21.9. The van der Waals surface area contributed by atoms with Crippen molar-refractivity contribution in [2.45, 2.75) is 6.54 Å². The third-order valence-corrected chi connectivity index (χ3v) is 5.94. The van der Waals surface area contributed by atoms with Gasteiger partial charge in [-0.1, -0.05) is 60.1 Å². The molecule has 0 radical (unpaired) electrons. The van der Waals surface area contributed by atoms with E-state index >= 15 is 0 Å². The molecular weight excluding hydrogens is 426 g/mol. The molecule has 0 unspecified atom stereocenters. The van der Waals surface area contributed by atoms with Crippen LogP contribution in [-0.4, -0.2) is 45.8 Å². The summed E-state index contributed by atoms with van der Waals surface area (Å²) in [5, 5.41) is 4.53. The smallest absolute Gasteiger partial charge is 0.292 e. The van der Waals surface area contributed by atoms with Gasteiger partial charge >= 0.3 is 0 Å². The Labute approximate surface area is 190 Å². The Kier molecular flexibility index (Phi) is 5.75. The molecule has 4 aromatic rings. The maximum Gasteiger partial charge on any atom is 0.292 e. The number of para-hydroxylation sites is 1. The van der Waals surface area contributed by atoms with Crippen molar-refractivity contribution >= 4 is 17.3 Å².